The average molecular weight is 1100 g/mol. The van der Waals surface area contributed by atoms with E-state index in [1.165, 1.54) is 28.4 Å². The number of benzene rings is 8. The summed E-state index contributed by atoms with van der Waals surface area (Å²) in [7, 11) is 5.91. The monoisotopic (exact) mass is 1090 g/mol. The van der Waals surface area contributed by atoms with Crippen molar-refractivity contribution in [2.75, 3.05) is 33.8 Å². The third-order valence-corrected chi connectivity index (χ3v) is 16.2. The summed E-state index contributed by atoms with van der Waals surface area (Å²) in [4.78, 5) is 69.1. The number of nitrogens with one attached hydrogen (secondary N) is 1. The molecule has 8 aromatic carbocycles. The predicted molar refractivity (Wildman–Crippen MR) is 303 cm³/mol. The van der Waals surface area contributed by atoms with Gasteiger partial charge >= 0.3 is 23.9 Å². The Hall–Kier alpha value is -10.2. The molecule has 0 saturated heterocycles. The summed E-state index contributed by atoms with van der Waals surface area (Å²) in [6, 6.07) is 53.2. The van der Waals surface area contributed by atoms with Crippen molar-refractivity contribution in [3.05, 3.63) is 209 Å². The van der Waals surface area contributed by atoms with E-state index in [4.69, 9.17) is 28.4 Å². The standard InChI is InChI=1S/C67H54N2O13/c1-77-51-17-8-5-14-46(51)56-60(64(71)72)57(47-15-6-9-18-52(47)78-2)62(56)67(76)82-45-30-42(37-22-20-36(35-68)21-23-37)28-43(31-45)40-26-27-49(54(33-40)80-4)59-61(65(73)74)58(48-16-7-10-19-53(48)79-3)63(59)66(75)81-44-13-11-12-38(29-44)39-24-25-41-34-55(70)69-50(41)32-39/h5-33,56-63H,34H2,1-4H3,(H,69,70)(H,71,72)(H,73,74)/t56-,57?,58?,59?,60-,61?,62?,63?/m0/s1. The van der Waals surface area contributed by atoms with E-state index in [2.05, 4.69) is 11.4 Å². The molecular weight excluding hydrogens is 1040 g/mol. The van der Waals surface area contributed by atoms with E-state index in [-0.39, 0.29) is 23.2 Å². The molecule has 2 aliphatic carbocycles. The fraction of sp³-hybridized carbons (Fsp3) is 0.194. The van der Waals surface area contributed by atoms with Crippen LogP contribution in [0.1, 0.15) is 57.1 Å². The van der Waals surface area contributed by atoms with Crippen LogP contribution in [0, 0.1) is 35.0 Å². The molecule has 1 amide bonds. The number of nitrogens with zero attached hydrogens (tertiary/aromatic N) is 1. The first-order chi connectivity index (χ1) is 39.8. The summed E-state index contributed by atoms with van der Waals surface area (Å²) >= 11 is 0. The van der Waals surface area contributed by atoms with Gasteiger partial charge in [0.15, 0.2) is 0 Å². The van der Waals surface area contributed by atoms with E-state index in [1.807, 2.05) is 30.3 Å². The molecule has 3 N–H and O–H groups in total. The first-order valence-electron chi connectivity index (χ1n) is 26.5. The van der Waals surface area contributed by atoms with Gasteiger partial charge in [-0.15, -0.1) is 0 Å². The van der Waals surface area contributed by atoms with Crippen molar-refractivity contribution in [3.63, 3.8) is 0 Å². The second-order valence-corrected chi connectivity index (χ2v) is 20.5. The zero-order valence-electron chi connectivity index (χ0n) is 44.9. The molecule has 6 unspecified atom stereocenters. The molecule has 1 aliphatic heterocycles. The van der Waals surface area contributed by atoms with Gasteiger partial charge in [-0.2, -0.15) is 5.26 Å². The summed E-state index contributed by atoms with van der Waals surface area (Å²) in [5, 5.41) is 34.5. The highest BCUT2D eigenvalue weighted by atomic mass is 16.5. The van der Waals surface area contributed by atoms with Gasteiger partial charge in [0.05, 0.1) is 70.2 Å². The summed E-state index contributed by atoms with van der Waals surface area (Å²) in [5.41, 5.74) is 7.96. The van der Waals surface area contributed by atoms with Gasteiger partial charge in [-0.1, -0.05) is 103 Å². The van der Waals surface area contributed by atoms with Gasteiger partial charge in [-0.25, -0.2) is 0 Å². The Morgan fingerprint density at radius 2 is 0.890 bits per heavy atom. The second kappa shape index (κ2) is 22.5. The van der Waals surface area contributed by atoms with Gasteiger partial charge in [-0.05, 0) is 134 Å². The number of ether oxygens (including phenoxy) is 6. The largest absolute Gasteiger partial charge is 0.496 e. The second-order valence-electron chi connectivity index (χ2n) is 20.5. The third kappa shape index (κ3) is 9.89. The van der Waals surface area contributed by atoms with E-state index in [1.54, 1.807) is 146 Å². The molecule has 0 bridgehead atoms. The van der Waals surface area contributed by atoms with Crippen LogP contribution in [0.3, 0.4) is 0 Å². The smallest absolute Gasteiger partial charge is 0.315 e. The number of amides is 1. The summed E-state index contributed by atoms with van der Waals surface area (Å²) in [5.74, 6) is -9.77. The minimum absolute atomic E-state index is 0.0929. The molecule has 1 heterocycles. The molecule has 410 valence electrons. The van der Waals surface area contributed by atoms with Gasteiger partial charge in [0.25, 0.3) is 0 Å². The first kappa shape index (κ1) is 53.8. The van der Waals surface area contributed by atoms with Crippen LogP contribution in [-0.4, -0.2) is 68.4 Å². The fourth-order valence-corrected chi connectivity index (χ4v) is 12.5. The lowest BCUT2D eigenvalue weighted by Gasteiger charge is -2.49. The van der Waals surface area contributed by atoms with E-state index >= 15 is 4.79 Å². The molecule has 2 saturated carbocycles. The Bertz CT molecular complexity index is 3830. The highest BCUT2D eigenvalue weighted by molar-refractivity contribution is 6.00. The van der Waals surface area contributed by atoms with Gasteiger partial charge in [-0.3, -0.25) is 24.0 Å². The maximum Gasteiger partial charge on any atom is 0.315 e. The lowest BCUT2D eigenvalue weighted by molar-refractivity contribution is -0.160. The number of carbonyl (C=O) groups is 5. The molecule has 0 radical (unpaired) electrons. The number of carbonyl (C=O) groups excluding carboxylic acids is 3. The average Bonchev–Trinajstić information content (AvgIpc) is 1.15. The summed E-state index contributed by atoms with van der Waals surface area (Å²) in [6.45, 7) is 0. The summed E-state index contributed by atoms with van der Waals surface area (Å²) < 4.78 is 36.0. The van der Waals surface area contributed by atoms with Gasteiger partial charge in [0.1, 0.15) is 34.5 Å². The van der Waals surface area contributed by atoms with Crippen molar-refractivity contribution in [2.24, 2.45) is 23.7 Å². The first-order valence-corrected chi connectivity index (χ1v) is 26.5. The third-order valence-electron chi connectivity index (χ3n) is 16.2. The van der Waals surface area contributed by atoms with Crippen LogP contribution in [0.25, 0.3) is 33.4 Å². The zero-order chi connectivity index (χ0) is 57.3. The van der Waals surface area contributed by atoms with Crippen LogP contribution in [0.5, 0.6) is 34.5 Å². The Morgan fingerprint density at radius 3 is 1.40 bits per heavy atom. The van der Waals surface area contributed by atoms with E-state index in [9.17, 15) is 34.7 Å². The molecule has 0 spiro atoms. The molecule has 15 nitrogen and oxygen atoms in total. The van der Waals surface area contributed by atoms with E-state index < -0.39 is 71.2 Å². The number of anilines is 1. The molecule has 2 fully saturated rings. The number of hydrogen-bond donors (Lipinski definition) is 3. The van der Waals surface area contributed by atoms with E-state index in [0.717, 1.165) is 16.7 Å². The van der Waals surface area contributed by atoms with Gasteiger partial charge < -0.3 is 44.0 Å². The lowest BCUT2D eigenvalue weighted by Crippen LogP contribution is -2.52. The molecule has 8 atom stereocenters. The number of carboxylic acids is 2. The number of para-hydroxylation sites is 3. The van der Waals surface area contributed by atoms with Crippen molar-refractivity contribution in [1.29, 1.82) is 5.26 Å². The Balaban J connectivity index is 0.975. The normalized spacial score (nSPS) is 20.3. The Kier molecular flexibility index (Phi) is 14.8. The molecule has 82 heavy (non-hydrogen) atoms. The maximum atomic E-state index is 15.1. The number of esters is 2. The molecular formula is C67H54N2O13. The summed E-state index contributed by atoms with van der Waals surface area (Å²) in [6.07, 6.45) is 0.290. The quantitative estimate of drug-likeness (QED) is 0.0571. The number of methoxy groups -OCH3 is 4. The molecule has 15 heteroatoms. The van der Waals surface area contributed by atoms with Crippen LogP contribution in [0.15, 0.2) is 176 Å². The zero-order valence-corrected chi connectivity index (χ0v) is 44.9. The van der Waals surface area contributed by atoms with Crippen molar-refractivity contribution in [1.82, 2.24) is 0 Å². The molecule has 11 rings (SSSR count). The predicted octanol–water partition coefficient (Wildman–Crippen LogP) is 11.7. The number of aliphatic carboxylic acids is 2. The number of fused-ring (bicyclic) bond motifs is 1. The number of hydrogen-bond acceptors (Lipinski definition) is 12. The molecule has 3 aliphatic rings. The number of carboxylic acid groups (broad SMARTS) is 2. The number of rotatable bonds is 17. The van der Waals surface area contributed by atoms with Crippen LogP contribution in [0.4, 0.5) is 5.69 Å². The van der Waals surface area contributed by atoms with Crippen LogP contribution in [-0.2, 0) is 30.4 Å². The Labute approximate surface area is 472 Å². The topological polar surface area (TPSA) is 217 Å². The van der Waals surface area contributed by atoms with Gasteiger partial charge in [0.2, 0.25) is 5.91 Å². The van der Waals surface area contributed by atoms with Crippen molar-refractivity contribution < 1.29 is 62.6 Å². The minimum atomic E-state index is -1.15. The van der Waals surface area contributed by atoms with Crippen LogP contribution >= 0.6 is 0 Å². The minimum Gasteiger partial charge on any atom is -0.496 e. The van der Waals surface area contributed by atoms with Crippen LogP contribution in [0.2, 0.25) is 0 Å². The van der Waals surface area contributed by atoms with Crippen molar-refractivity contribution in [2.45, 2.75) is 30.1 Å². The molecule has 0 aromatic heterocycles. The Morgan fingerprint density at radius 1 is 0.451 bits per heavy atom. The van der Waals surface area contributed by atoms with Crippen molar-refractivity contribution >= 4 is 35.5 Å². The van der Waals surface area contributed by atoms with Gasteiger partial charge in [0, 0.05) is 29.4 Å². The fourth-order valence-electron chi connectivity index (χ4n) is 12.5. The van der Waals surface area contributed by atoms with E-state index in [0.29, 0.717) is 79.4 Å². The SMILES string of the molecule is COc1ccccc1C1C(C(=O)O)C(c2ccc(-c3cc(OC(=O)C4C(c5ccccc5OC)[C@@H](C(=O)O)[C@@H]4c4ccccc4OC)cc(-c4ccc(C#N)cc4)c3)cc2OC)C1C(=O)Oc1cccc(-c2ccc3c(c2)NC(=O)C3)c1. The lowest BCUT2D eigenvalue weighted by atomic mass is 9.52. The van der Waals surface area contributed by atoms with Crippen LogP contribution < -0.4 is 33.7 Å². The highest BCUT2D eigenvalue weighted by Gasteiger charge is 2.62. The highest BCUT2D eigenvalue weighted by Crippen LogP contribution is 2.62. The molecule has 8 aromatic rings. The van der Waals surface area contributed by atoms with Crippen molar-refractivity contribution in [3.8, 4) is 73.9 Å². The number of nitriles is 1. The maximum absolute atomic E-state index is 15.1.